The van der Waals surface area contributed by atoms with Crippen LogP contribution < -0.4 is 0 Å². The van der Waals surface area contributed by atoms with E-state index in [0.717, 1.165) is 24.2 Å². The molecule has 0 fully saturated rings. The van der Waals surface area contributed by atoms with Crippen molar-refractivity contribution < 1.29 is 0 Å². The maximum absolute atomic E-state index is 4.51. The second-order valence-corrected chi connectivity index (χ2v) is 6.38. The Labute approximate surface area is 109 Å². The Bertz CT molecular complexity index is 408. The summed E-state index contributed by atoms with van der Waals surface area (Å²) in [5.74, 6) is 0. The third-order valence-electron chi connectivity index (χ3n) is 2.11. The maximum atomic E-state index is 4.51. The van der Waals surface area contributed by atoms with Crippen LogP contribution in [0.1, 0.15) is 45.3 Å². The molecule has 0 bridgehead atoms. The van der Waals surface area contributed by atoms with Crippen LogP contribution in [-0.4, -0.2) is 17.7 Å². The molecular weight excluding hydrogens is 228 g/mol. The minimum atomic E-state index is 0.257. The molecule has 0 amide bonds. The highest BCUT2D eigenvalue weighted by atomic mass is 32.1. The zero-order valence-electron chi connectivity index (χ0n) is 11.4. The van der Waals surface area contributed by atoms with Crippen molar-refractivity contribution in [1.82, 2.24) is 4.98 Å². The van der Waals surface area contributed by atoms with Gasteiger partial charge in [-0.2, -0.15) is 0 Å². The highest BCUT2D eigenvalue weighted by Crippen LogP contribution is 2.14. The summed E-state index contributed by atoms with van der Waals surface area (Å²) in [6, 6.07) is 0. The first-order valence-corrected chi connectivity index (χ1v) is 6.91. The smallest absolute Gasteiger partial charge is 0.0929 e. The van der Waals surface area contributed by atoms with Crippen molar-refractivity contribution in [3.05, 3.63) is 21.7 Å². The Morgan fingerprint density at radius 3 is 2.71 bits per heavy atom. The lowest BCUT2D eigenvalue weighted by molar-refractivity contribution is 0.430. The average molecular weight is 250 g/mol. The largest absolute Gasteiger partial charge is 0.292 e. The molecule has 0 unspecified atom stereocenters. The van der Waals surface area contributed by atoms with Gasteiger partial charge in [0.05, 0.1) is 10.7 Å². The lowest BCUT2D eigenvalue weighted by Crippen LogP contribution is -2.09. The Balaban J connectivity index is 2.60. The molecule has 1 aromatic heterocycles. The minimum absolute atomic E-state index is 0.257. The molecule has 0 aliphatic heterocycles. The summed E-state index contributed by atoms with van der Waals surface area (Å²) in [6.45, 7) is 11.6. The molecule has 0 aliphatic carbocycles. The molecule has 0 aliphatic rings. The van der Waals surface area contributed by atoms with E-state index in [4.69, 9.17) is 0 Å². The number of aliphatic imine (C=N–C) groups is 1. The molecule has 1 aromatic rings. The zero-order valence-corrected chi connectivity index (χ0v) is 12.3. The number of aromatic nitrogens is 1. The van der Waals surface area contributed by atoms with Crippen LogP contribution in [0, 0.1) is 5.41 Å². The molecular formula is C14H22N2S. The summed E-state index contributed by atoms with van der Waals surface area (Å²) in [6.07, 6.45) is 5.04. The molecule has 1 heterocycles. The van der Waals surface area contributed by atoms with Crippen LogP contribution in [0.25, 0.3) is 6.08 Å². The Hall–Kier alpha value is -0.960. The van der Waals surface area contributed by atoms with Gasteiger partial charge in [-0.1, -0.05) is 27.7 Å². The second-order valence-electron chi connectivity index (χ2n) is 5.44. The van der Waals surface area contributed by atoms with E-state index in [1.807, 2.05) is 6.21 Å². The highest BCUT2D eigenvalue weighted by Gasteiger charge is 2.07. The predicted molar refractivity (Wildman–Crippen MR) is 78.0 cm³/mol. The molecule has 0 N–H and O–H groups in total. The van der Waals surface area contributed by atoms with E-state index < -0.39 is 0 Å². The van der Waals surface area contributed by atoms with E-state index in [0.29, 0.717) is 0 Å². The number of aryl methyl sites for hydroxylation is 1. The fourth-order valence-electron chi connectivity index (χ4n) is 1.29. The molecule has 17 heavy (non-hydrogen) atoms. The van der Waals surface area contributed by atoms with Gasteiger partial charge in [0, 0.05) is 18.1 Å². The van der Waals surface area contributed by atoms with E-state index in [-0.39, 0.29) is 5.41 Å². The molecule has 2 nitrogen and oxygen atoms in total. The Kier molecular flexibility index (Phi) is 5.06. The quantitative estimate of drug-likeness (QED) is 0.734. The fraction of sp³-hybridized carbons (Fsp3) is 0.571. The monoisotopic (exact) mass is 250 g/mol. The summed E-state index contributed by atoms with van der Waals surface area (Å²) >= 11 is 1.72. The normalized spacial score (nSPS) is 13.6. The highest BCUT2D eigenvalue weighted by molar-refractivity contribution is 7.09. The molecule has 0 aromatic carbocycles. The van der Waals surface area contributed by atoms with Gasteiger partial charge < -0.3 is 0 Å². The second kappa shape index (κ2) is 6.10. The first-order chi connectivity index (χ1) is 7.90. The molecule has 0 atom stereocenters. The van der Waals surface area contributed by atoms with Gasteiger partial charge in [-0.25, -0.2) is 4.98 Å². The number of allylic oxidation sites excluding steroid dienone is 1. The predicted octanol–water partition coefficient (Wildman–Crippen LogP) is 4.23. The van der Waals surface area contributed by atoms with Crippen molar-refractivity contribution in [2.75, 3.05) is 6.54 Å². The van der Waals surface area contributed by atoms with Gasteiger partial charge in [-0.3, -0.25) is 4.99 Å². The van der Waals surface area contributed by atoms with Crippen LogP contribution in [-0.2, 0) is 6.42 Å². The number of nitrogens with zero attached hydrogens (tertiary/aromatic N) is 2. The average Bonchev–Trinajstić information content (AvgIpc) is 2.63. The third kappa shape index (κ3) is 5.78. The van der Waals surface area contributed by atoms with Crippen LogP contribution >= 0.6 is 11.3 Å². The number of hydrogen-bond acceptors (Lipinski definition) is 3. The van der Waals surface area contributed by atoms with Crippen molar-refractivity contribution in [1.29, 1.82) is 0 Å². The summed E-state index contributed by atoms with van der Waals surface area (Å²) in [5, 5.41) is 3.29. The fourth-order valence-corrected chi connectivity index (χ4v) is 1.99. The molecule has 94 valence electrons. The van der Waals surface area contributed by atoms with Gasteiger partial charge >= 0.3 is 0 Å². The van der Waals surface area contributed by atoms with E-state index in [1.165, 1.54) is 5.01 Å². The SMILES string of the molecule is CCc1nc(/C=C(\C)C=NCC(C)(C)C)cs1. The maximum Gasteiger partial charge on any atom is 0.0929 e. The summed E-state index contributed by atoms with van der Waals surface area (Å²) in [5.41, 5.74) is 2.46. The number of thiazole rings is 1. The van der Waals surface area contributed by atoms with Gasteiger partial charge in [0.25, 0.3) is 0 Å². The van der Waals surface area contributed by atoms with E-state index >= 15 is 0 Å². The van der Waals surface area contributed by atoms with Crippen molar-refractivity contribution in [2.24, 2.45) is 10.4 Å². The summed E-state index contributed by atoms with van der Waals surface area (Å²) in [4.78, 5) is 8.95. The van der Waals surface area contributed by atoms with Crippen LogP contribution in [0.4, 0.5) is 0 Å². The number of rotatable bonds is 4. The van der Waals surface area contributed by atoms with Gasteiger partial charge in [0.15, 0.2) is 0 Å². The lowest BCUT2D eigenvalue weighted by Gasteiger charge is -2.13. The first kappa shape index (κ1) is 14.1. The van der Waals surface area contributed by atoms with Crippen LogP contribution in [0.15, 0.2) is 15.9 Å². The van der Waals surface area contributed by atoms with Gasteiger partial charge in [-0.05, 0) is 30.4 Å². The topological polar surface area (TPSA) is 25.2 Å². The molecule has 1 rings (SSSR count). The van der Waals surface area contributed by atoms with Crippen molar-refractivity contribution in [3.63, 3.8) is 0 Å². The third-order valence-corrected chi connectivity index (χ3v) is 3.12. The molecule has 3 heteroatoms. The number of hydrogen-bond donors (Lipinski definition) is 0. The van der Waals surface area contributed by atoms with Crippen molar-refractivity contribution in [2.45, 2.75) is 41.0 Å². The Morgan fingerprint density at radius 1 is 1.47 bits per heavy atom. The summed E-state index contributed by atoms with van der Waals surface area (Å²) in [7, 11) is 0. The standard InChI is InChI=1S/C14H22N2S/c1-6-13-16-12(9-17-13)7-11(2)8-15-10-14(3,4)5/h7-9H,6,10H2,1-5H3/b11-7+,15-8?. The van der Waals surface area contributed by atoms with E-state index in [9.17, 15) is 0 Å². The van der Waals surface area contributed by atoms with Crippen molar-refractivity contribution in [3.8, 4) is 0 Å². The van der Waals surface area contributed by atoms with Gasteiger partial charge in [0.1, 0.15) is 0 Å². The Morgan fingerprint density at radius 2 is 2.18 bits per heavy atom. The van der Waals surface area contributed by atoms with E-state index in [1.54, 1.807) is 11.3 Å². The minimum Gasteiger partial charge on any atom is -0.292 e. The first-order valence-electron chi connectivity index (χ1n) is 6.03. The van der Waals surface area contributed by atoms with Gasteiger partial charge in [-0.15, -0.1) is 11.3 Å². The summed E-state index contributed by atoms with van der Waals surface area (Å²) < 4.78 is 0. The van der Waals surface area contributed by atoms with Crippen LogP contribution in [0.3, 0.4) is 0 Å². The van der Waals surface area contributed by atoms with Gasteiger partial charge in [0.2, 0.25) is 0 Å². The van der Waals surface area contributed by atoms with Crippen molar-refractivity contribution >= 4 is 23.6 Å². The zero-order chi connectivity index (χ0) is 12.9. The van der Waals surface area contributed by atoms with Crippen LogP contribution in [0.2, 0.25) is 0 Å². The lowest BCUT2D eigenvalue weighted by atomic mass is 9.97. The molecule has 0 spiro atoms. The van der Waals surface area contributed by atoms with E-state index in [2.05, 4.69) is 56.1 Å². The molecule has 0 radical (unpaired) electrons. The van der Waals surface area contributed by atoms with Crippen LogP contribution in [0.5, 0.6) is 0 Å². The molecule has 0 saturated carbocycles. The molecule has 0 saturated heterocycles.